The Morgan fingerprint density at radius 1 is 1.44 bits per heavy atom. The first-order chi connectivity index (χ1) is 7.63. The van der Waals surface area contributed by atoms with E-state index in [9.17, 15) is 9.59 Å². The Morgan fingerprint density at radius 3 is 2.75 bits per heavy atom. The van der Waals surface area contributed by atoms with Gasteiger partial charge < -0.3 is 0 Å². The van der Waals surface area contributed by atoms with Crippen molar-refractivity contribution >= 4 is 28.2 Å². The fourth-order valence-electron chi connectivity index (χ4n) is 0.894. The number of allylic oxidation sites excluding steroid dienone is 3. The molecule has 0 aromatic carbocycles. The Hall–Kier alpha value is -1.75. The number of hydrogen-bond donors (Lipinski definition) is 1. The van der Waals surface area contributed by atoms with E-state index in [1.165, 1.54) is 24.3 Å². The molecule has 16 heavy (non-hydrogen) atoms. The van der Waals surface area contributed by atoms with E-state index in [1.54, 1.807) is 17.5 Å². The number of hydrogen-bond acceptors (Lipinski definition) is 4. The number of thiazole rings is 1. The molecule has 0 aliphatic heterocycles. The molecule has 1 amide bonds. The minimum absolute atomic E-state index is 0.110. The zero-order valence-corrected chi connectivity index (χ0v) is 9.88. The number of carbonyl (C=O) groups is 2. The van der Waals surface area contributed by atoms with Crippen molar-refractivity contribution in [1.29, 1.82) is 0 Å². The maximum absolute atomic E-state index is 11.3. The molecule has 0 saturated heterocycles. The first-order valence-corrected chi connectivity index (χ1v) is 5.58. The number of amides is 1. The summed E-state index contributed by atoms with van der Waals surface area (Å²) in [7, 11) is 0. The van der Waals surface area contributed by atoms with E-state index < -0.39 is 0 Å². The number of anilines is 1. The van der Waals surface area contributed by atoms with Crippen molar-refractivity contribution in [3.63, 3.8) is 0 Å². The lowest BCUT2D eigenvalue weighted by Gasteiger charge is -1.94. The minimum Gasteiger partial charge on any atom is -0.298 e. The summed E-state index contributed by atoms with van der Waals surface area (Å²) in [5.41, 5.74) is 0.373. The Bertz CT molecular complexity index is 447. The lowest BCUT2D eigenvalue weighted by atomic mass is 10.4. The quantitative estimate of drug-likeness (QED) is 0.496. The fourth-order valence-corrected chi connectivity index (χ4v) is 1.65. The van der Waals surface area contributed by atoms with Crippen molar-refractivity contribution in [3.8, 4) is 0 Å². The number of Topliss-reactive ketones (excluding diaryl/α,β-unsaturated/α-hetero) is 1. The van der Waals surface area contributed by atoms with Gasteiger partial charge in [-0.1, -0.05) is 18.2 Å². The molecule has 1 aromatic rings. The molecule has 5 heteroatoms. The number of ketones is 1. The van der Waals surface area contributed by atoms with Crippen LogP contribution in [-0.4, -0.2) is 16.7 Å². The van der Waals surface area contributed by atoms with Crippen LogP contribution < -0.4 is 5.32 Å². The second kappa shape index (κ2) is 5.97. The molecule has 1 rings (SSSR count). The summed E-state index contributed by atoms with van der Waals surface area (Å²) in [6, 6.07) is 0. The van der Waals surface area contributed by atoms with Gasteiger partial charge in [-0.3, -0.25) is 14.9 Å². The molecule has 0 spiro atoms. The van der Waals surface area contributed by atoms with Gasteiger partial charge >= 0.3 is 0 Å². The first kappa shape index (κ1) is 12.3. The summed E-state index contributed by atoms with van der Waals surface area (Å²) in [6.45, 7) is 3.30. The molecule has 1 heterocycles. The van der Waals surface area contributed by atoms with Gasteiger partial charge in [0.1, 0.15) is 5.69 Å². The first-order valence-electron chi connectivity index (χ1n) is 4.70. The van der Waals surface area contributed by atoms with Crippen LogP contribution in [0.15, 0.2) is 29.7 Å². The van der Waals surface area contributed by atoms with Crippen molar-refractivity contribution in [2.45, 2.75) is 13.8 Å². The van der Waals surface area contributed by atoms with Crippen molar-refractivity contribution in [2.75, 3.05) is 5.32 Å². The Kier molecular flexibility index (Phi) is 4.60. The third-order valence-electron chi connectivity index (χ3n) is 1.65. The van der Waals surface area contributed by atoms with E-state index in [1.807, 2.05) is 13.0 Å². The molecule has 84 valence electrons. The average Bonchev–Trinajstić information content (AvgIpc) is 2.66. The Labute approximate surface area is 97.7 Å². The standard InChI is InChI=1S/C11H12N2O2S/c1-3-4-5-6-10(15)13-11-12-9(7-16-11)8(2)14/h3-7H,1-2H3,(H,12,13,15)/b4-3+,6-5+. The van der Waals surface area contributed by atoms with Crippen LogP contribution in [0.1, 0.15) is 24.3 Å². The van der Waals surface area contributed by atoms with Gasteiger partial charge in [0.2, 0.25) is 5.91 Å². The van der Waals surface area contributed by atoms with E-state index in [0.717, 1.165) is 0 Å². The van der Waals surface area contributed by atoms with Crippen LogP contribution in [0.25, 0.3) is 0 Å². The second-order valence-corrected chi connectivity index (χ2v) is 3.83. The zero-order valence-electron chi connectivity index (χ0n) is 9.06. The van der Waals surface area contributed by atoms with Crippen molar-refractivity contribution in [2.24, 2.45) is 0 Å². The molecule has 4 nitrogen and oxygen atoms in total. The number of carbonyl (C=O) groups excluding carboxylic acids is 2. The summed E-state index contributed by atoms with van der Waals surface area (Å²) in [5, 5.41) is 4.62. The van der Waals surface area contributed by atoms with Crippen LogP contribution in [0, 0.1) is 0 Å². The van der Waals surface area contributed by atoms with Gasteiger partial charge in [-0.05, 0) is 6.92 Å². The molecule has 0 radical (unpaired) electrons. The van der Waals surface area contributed by atoms with Crippen molar-refractivity contribution < 1.29 is 9.59 Å². The van der Waals surface area contributed by atoms with E-state index in [4.69, 9.17) is 0 Å². The third kappa shape index (κ3) is 3.78. The average molecular weight is 236 g/mol. The lowest BCUT2D eigenvalue weighted by Crippen LogP contribution is -2.07. The maximum atomic E-state index is 11.3. The predicted molar refractivity (Wildman–Crippen MR) is 64.7 cm³/mol. The molecule has 0 atom stereocenters. The maximum Gasteiger partial charge on any atom is 0.250 e. The van der Waals surface area contributed by atoms with Crippen molar-refractivity contribution in [3.05, 3.63) is 35.4 Å². The molecule has 0 aliphatic carbocycles. The highest BCUT2D eigenvalue weighted by Gasteiger charge is 2.06. The number of aromatic nitrogens is 1. The molecule has 0 saturated carbocycles. The topological polar surface area (TPSA) is 59.1 Å². The van der Waals surface area contributed by atoms with Gasteiger partial charge in [0, 0.05) is 18.4 Å². The second-order valence-electron chi connectivity index (χ2n) is 2.97. The van der Waals surface area contributed by atoms with Crippen LogP contribution in [-0.2, 0) is 4.79 Å². The van der Waals surface area contributed by atoms with Gasteiger partial charge in [-0.2, -0.15) is 0 Å². The van der Waals surface area contributed by atoms with Crippen LogP contribution in [0.2, 0.25) is 0 Å². The van der Waals surface area contributed by atoms with E-state index in [0.29, 0.717) is 10.8 Å². The molecule has 0 fully saturated rings. The summed E-state index contributed by atoms with van der Waals surface area (Å²) >= 11 is 1.23. The molecule has 0 aliphatic rings. The smallest absolute Gasteiger partial charge is 0.250 e. The van der Waals surface area contributed by atoms with Gasteiger partial charge in [0.05, 0.1) is 0 Å². The molecule has 1 aromatic heterocycles. The SMILES string of the molecule is C/C=C/C=C/C(=O)Nc1nc(C(C)=O)cs1. The largest absolute Gasteiger partial charge is 0.298 e. The van der Waals surface area contributed by atoms with E-state index in [-0.39, 0.29) is 11.7 Å². The third-order valence-corrected chi connectivity index (χ3v) is 2.40. The van der Waals surface area contributed by atoms with Crippen LogP contribution in [0.3, 0.4) is 0 Å². The van der Waals surface area contributed by atoms with E-state index >= 15 is 0 Å². The van der Waals surface area contributed by atoms with E-state index in [2.05, 4.69) is 10.3 Å². The highest BCUT2D eigenvalue weighted by Crippen LogP contribution is 2.15. The number of nitrogens with one attached hydrogen (secondary N) is 1. The normalized spacial score (nSPS) is 11.1. The molecule has 0 bridgehead atoms. The summed E-state index contributed by atoms with van der Waals surface area (Å²) in [5.74, 6) is -0.372. The number of nitrogens with zero attached hydrogens (tertiary/aromatic N) is 1. The zero-order chi connectivity index (χ0) is 12.0. The highest BCUT2D eigenvalue weighted by molar-refractivity contribution is 7.14. The van der Waals surface area contributed by atoms with Crippen LogP contribution in [0.5, 0.6) is 0 Å². The van der Waals surface area contributed by atoms with Gasteiger partial charge in [-0.25, -0.2) is 4.98 Å². The summed E-state index contributed by atoms with van der Waals surface area (Å²) < 4.78 is 0. The number of rotatable bonds is 4. The Morgan fingerprint density at radius 2 is 2.19 bits per heavy atom. The van der Waals surface area contributed by atoms with Gasteiger partial charge in [0.15, 0.2) is 10.9 Å². The summed E-state index contributed by atoms with van der Waals surface area (Å²) in [6.07, 6.45) is 6.60. The molecule has 1 N–H and O–H groups in total. The lowest BCUT2D eigenvalue weighted by molar-refractivity contribution is -0.111. The molecular weight excluding hydrogens is 224 g/mol. The minimum atomic E-state index is -0.262. The van der Waals surface area contributed by atoms with Crippen LogP contribution >= 0.6 is 11.3 Å². The molecular formula is C11H12N2O2S. The van der Waals surface area contributed by atoms with Gasteiger partial charge in [-0.15, -0.1) is 11.3 Å². The highest BCUT2D eigenvalue weighted by atomic mass is 32.1. The predicted octanol–water partition coefficient (Wildman–Crippen LogP) is 2.42. The van der Waals surface area contributed by atoms with Gasteiger partial charge in [0.25, 0.3) is 0 Å². The van der Waals surface area contributed by atoms with Crippen molar-refractivity contribution in [1.82, 2.24) is 4.98 Å². The Balaban J connectivity index is 2.59. The molecule has 0 unspecified atom stereocenters. The summed E-state index contributed by atoms with van der Waals surface area (Å²) in [4.78, 5) is 26.2. The monoisotopic (exact) mass is 236 g/mol. The van der Waals surface area contributed by atoms with Crippen LogP contribution in [0.4, 0.5) is 5.13 Å². The fraction of sp³-hybridized carbons (Fsp3) is 0.182.